The zero-order valence-corrected chi connectivity index (χ0v) is 9.71. The van der Waals surface area contributed by atoms with Gasteiger partial charge in [-0.05, 0) is 5.41 Å². The van der Waals surface area contributed by atoms with Gasteiger partial charge in [-0.25, -0.2) is 0 Å². The molecule has 0 amide bonds. The lowest BCUT2D eigenvalue weighted by Crippen LogP contribution is -2.32. The second-order valence-corrected chi connectivity index (χ2v) is 4.64. The van der Waals surface area contributed by atoms with Crippen LogP contribution in [-0.2, 0) is 14.4 Å². The first-order chi connectivity index (χ1) is 7.46. The van der Waals surface area contributed by atoms with E-state index in [0.717, 1.165) is 0 Å². The van der Waals surface area contributed by atoms with Crippen molar-refractivity contribution in [1.29, 1.82) is 0 Å². The summed E-state index contributed by atoms with van der Waals surface area (Å²) in [5.41, 5.74) is 2.44. The van der Waals surface area contributed by atoms with E-state index < -0.39 is 0 Å². The van der Waals surface area contributed by atoms with Gasteiger partial charge in [0.1, 0.15) is 0 Å². The average molecular weight is 223 g/mol. The van der Waals surface area contributed by atoms with Gasteiger partial charge in [0.15, 0.2) is 11.6 Å². The van der Waals surface area contributed by atoms with E-state index in [2.05, 4.69) is 12.1 Å². The molecule has 0 radical (unpaired) electrons. The topological polar surface area (TPSA) is 55.4 Å². The maximum Gasteiger partial charge on any atom is 0.168 e. The minimum atomic E-state index is -0.229. The predicted octanol–water partition coefficient (Wildman–Crippen LogP) is 1.54. The molecule has 0 aliphatic heterocycles. The Hall–Kier alpha value is -1.42. The fourth-order valence-electron chi connectivity index (χ4n) is 1.65. The van der Waals surface area contributed by atoms with Crippen molar-refractivity contribution < 1.29 is 14.4 Å². The van der Waals surface area contributed by atoms with Crippen LogP contribution in [0, 0.1) is 5.41 Å². The van der Waals surface area contributed by atoms with E-state index in [1.807, 2.05) is 13.8 Å². The van der Waals surface area contributed by atoms with Crippen LogP contribution < -0.4 is 5.48 Å². The van der Waals surface area contributed by atoms with Crippen LogP contribution in [0.4, 0.5) is 0 Å². The number of ketones is 2. The summed E-state index contributed by atoms with van der Waals surface area (Å²) < 4.78 is 0. The highest BCUT2D eigenvalue weighted by molar-refractivity contribution is 6.22. The third kappa shape index (κ3) is 3.31. The molecule has 0 aromatic rings. The highest BCUT2D eigenvalue weighted by atomic mass is 16.6. The number of hydroxylamine groups is 1. The molecule has 0 aromatic heterocycles. The quantitative estimate of drug-likeness (QED) is 0.258. The lowest BCUT2D eigenvalue weighted by molar-refractivity contribution is -0.127. The first-order valence-corrected chi connectivity index (χ1v) is 5.21. The van der Waals surface area contributed by atoms with E-state index in [9.17, 15) is 9.59 Å². The molecule has 0 heterocycles. The second-order valence-electron chi connectivity index (χ2n) is 4.64. The number of Topliss-reactive ketones (excluding diaryl/α,β-unsaturated/α-hetero) is 2. The molecule has 0 unspecified atom stereocenters. The Kier molecular flexibility index (Phi) is 4.01. The summed E-state index contributed by atoms with van der Waals surface area (Å²) in [4.78, 5) is 28.2. The predicted molar refractivity (Wildman–Crippen MR) is 60.4 cm³/mol. The molecule has 1 saturated carbocycles. The SMILES string of the molecule is C=CCONC=C1C(=O)CC(C)(C)CC1=O. The summed E-state index contributed by atoms with van der Waals surface area (Å²) in [6.07, 6.45) is 3.70. The molecule has 1 N–H and O–H groups in total. The number of carbonyl (C=O) groups is 2. The molecule has 0 bridgehead atoms. The Bertz CT molecular complexity index is 320. The van der Waals surface area contributed by atoms with Crippen molar-refractivity contribution in [2.45, 2.75) is 26.7 Å². The van der Waals surface area contributed by atoms with E-state index in [1.54, 1.807) is 6.08 Å². The normalized spacial score (nSPS) is 19.5. The summed E-state index contributed by atoms with van der Waals surface area (Å²) in [5.74, 6) is -0.257. The molecule has 0 atom stereocenters. The fraction of sp³-hybridized carbons (Fsp3) is 0.500. The summed E-state index contributed by atoms with van der Waals surface area (Å²) in [5, 5.41) is 0. The number of carbonyl (C=O) groups excluding carboxylic acids is 2. The average Bonchev–Trinajstić information content (AvgIpc) is 2.13. The van der Waals surface area contributed by atoms with Crippen molar-refractivity contribution in [3.8, 4) is 0 Å². The van der Waals surface area contributed by atoms with Crippen LogP contribution >= 0.6 is 0 Å². The van der Waals surface area contributed by atoms with E-state index in [1.165, 1.54) is 6.20 Å². The third-order valence-corrected chi connectivity index (χ3v) is 2.37. The molecule has 1 fully saturated rings. The van der Waals surface area contributed by atoms with Gasteiger partial charge in [0, 0.05) is 19.0 Å². The molecule has 0 aromatic carbocycles. The van der Waals surface area contributed by atoms with E-state index in [-0.39, 0.29) is 22.6 Å². The molecule has 0 spiro atoms. The minimum Gasteiger partial charge on any atom is -0.294 e. The van der Waals surface area contributed by atoms with Crippen LogP contribution in [0.2, 0.25) is 0 Å². The smallest absolute Gasteiger partial charge is 0.168 e. The number of rotatable bonds is 4. The lowest BCUT2D eigenvalue weighted by Gasteiger charge is -2.28. The Morgan fingerprint density at radius 2 is 1.94 bits per heavy atom. The maximum atomic E-state index is 11.7. The summed E-state index contributed by atoms with van der Waals surface area (Å²) >= 11 is 0. The van der Waals surface area contributed by atoms with Crippen molar-refractivity contribution >= 4 is 11.6 Å². The number of hydrogen-bond acceptors (Lipinski definition) is 4. The molecule has 1 aliphatic carbocycles. The van der Waals surface area contributed by atoms with Gasteiger partial charge >= 0.3 is 0 Å². The molecular weight excluding hydrogens is 206 g/mol. The van der Waals surface area contributed by atoms with Crippen LogP contribution in [0.3, 0.4) is 0 Å². The molecule has 1 rings (SSSR count). The van der Waals surface area contributed by atoms with Crippen LogP contribution in [0.25, 0.3) is 0 Å². The van der Waals surface area contributed by atoms with Crippen molar-refractivity contribution in [2.75, 3.05) is 6.61 Å². The largest absolute Gasteiger partial charge is 0.294 e. The van der Waals surface area contributed by atoms with Gasteiger partial charge in [0.05, 0.1) is 12.2 Å². The van der Waals surface area contributed by atoms with Crippen molar-refractivity contribution in [2.24, 2.45) is 5.41 Å². The van der Waals surface area contributed by atoms with Gasteiger partial charge < -0.3 is 0 Å². The summed E-state index contributed by atoms with van der Waals surface area (Å²) in [7, 11) is 0. The summed E-state index contributed by atoms with van der Waals surface area (Å²) in [6, 6.07) is 0. The monoisotopic (exact) mass is 223 g/mol. The lowest BCUT2D eigenvalue weighted by atomic mass is 9.74. The fourth-order valence-corrected chi connectivity index (χ4v) is 1.65. The number of nitrogens with one attached hydrogen (secondary N) is 1. The Morgan fingerprint density at radius 3 is 2.44 bits per heavy atom. The summed E-state index contributed by atoms with van der Waals surface area (Å²) in [6.45, 7) is 7.63. The molecule has 0 saturated heterocycles. The Balaban J connectivity index is 2.63. The van der Waals surface area contributed by atoms with Gasteiger partial charge in [0.25, 0.3) is 0 Å². The zero-order chi connectivity index (χ0) is 12.2. The van der Waals surface area contributed by atoms with Gasteiger partial charge in [-0.1, -0.05) is 19.9 Å². The van der Waals surface area contributed by atoms with Crippen molar-refractivity contribution in [3.05, 3.63) is 24.4 Å². The van der Waals surface area contributed by atoms with E-state index in [4.69, 9.17) is 4.84 Å². The Labute approximate surface area is 95.3 Å². The van der Waals surface area contributed by atoms with E-state index in [0.29, 0.717) is 19.4 Å². The van der Waals surface area contributed by atoms with Crippen LogP contribution in [-0.4, -0.2) is 18.2 Å². The Morgan fingerprint density at radius 1 is 1.38 bits per heavy atom. The van der Waals surface area contributed by atoms with Gasteiger partial charge in [-0.3, -0.25) is 19.9 Å². The minimum absolute atomic E-state index is 0.129. The van der Waals surface area contributed by atoms with Crippen molar-refractivity contribution in [3.63, 3.8) is 0 Å². The van der Waals surface area contributed by atoms with Crippen LogP contribution in [0.1, 0.15) is 26.7 Å². The second kappa shape index (κ2) is 5.07. The molecule has 1 aliphatic rings. The van der Waals surface area contributed by atoms with Crippen molar-refractivity contribution in [1.82, 2.24) is 5.48 Å². The maximum absolute atomic E-state index is 11.7. The molecule has 16 heavy (non-hydrogen) atoms. The third-order valence-electron chi connectivity index (χ3n) is 2.37. The molecule has 88 valence electrons. The number of allylic oxidation sites excluding steroid dienone is 1. The zero-order valence-electron chi connectivity index (χ0n) is 9.71. The first-order valence-electron chi connectivity index (χ1n) is 5.21. The standard InChI is InChI=1S/C12H17NO3/c1-4-5-16-13-8-9-10(14)6-12(2,3)7-11(9)15/h4,8,13H,1,5-7H2,2-3H3. The molecular formula is C12H17NO3. The van der Waals surface area contributed by atoms with Crippen LogP contribution in [0.15, 0.2) is 24.4 Å². The number of hydrogen-bond donors (Lipinski definition) is 1. The van der Waals surface area contributed by atoms with Gasteiger partial charge in [-0.15, -0.1) is 6.58 Å². The van der Waals surface area contributed by atoms with Gasteiger partial charge in [0.2, 0.25) is 0 Å². The first kappa shape index (κ1) is 12.6. The van der Waals surface area contributed by atoms with Gasteiger partial charge in [-0.2, -0.15) is 0 Å². The highest BCUT2D eigenvalue weighted by Crippen LogP contribution is 2.33. The highest BCUT2D eigenvalue weighted by Gasteiger charge is 2.35. The molecule has 4 nitrogen and oxygen atoms in total. The molecule has 4 heteroatoms. The van der Waals surface area contributed by atoms with E-state index >= 15 is 0 Å². The van der Waals surface area contributed by atoms with Crippen LogP contribution in [0.5, 0.6) is 0 Å².